The highest BCUT2D eigenvalue weighted by Gasteiger charge is 2.21. The molecule has 1 aromatic carbocycles. The molecule has 0 aliphatic carbocycles. The van der Waals surface area contributed by atoms with Crippen molar-refractivity contribution in [1.29, 1.82) is 0 Å². The van der Waals surface area contributed by atoms with Gasteiger partial charge in [-0.25, -0.2) is 0 Å². The zero-order valence-corrected chi connectivity index (χ0v) is 14.2. The molecule has 0 saturated carbocycles. The lowest BCUT2D eigenvalue weighted by Crippen LogP contribution is -2.30. The Balaban J connectivity index is 2.43. The number of benzene rings is 1. The van der Waals surface area contributed by atoms with Gasteiger partial charge in [-0.15, -0.1) is 0 Å². The first-order valence-corrected chi connectivity index (χ1v) is 8.70. The van der Waals surface area contributed by atoms with E-state index in [0.29, 0.717) is 0 Å². The number of nitrogens with two attached hydrogens (primary N) is 1. The fourth-order valence-electron chi connectivity index (χ4n) is 2.46. The Kier molecular flexibility index (Phi) is 9.73. The molecule has 1 rings (SSSR count). The Labute approximate surface area is 135 Å². The highest BCUT2D eigenvalue weighted by molar-refractivity contribution is 6.31. The summed E-state index contributed by atoms with van der Waals surface area (Å²) >= 11 is 6.28. The van der Waals surface area contributed by atoms with Crippen LogP contribution in [0.25, 0.3) is 0 Å². The van der Waals surface area contributed by atoms with Crippen LogP contribution in [0.1, 0.15) is 70.5 Å². The maximum atomic E-state index is 6.28. The van der Waals surface area contributed by atoms with Crippen molar-refractivity contribution in [2.24, 2.45) is 5.73 Å². The van der Waals surface area contributed by atoms with Gasteiger partial charge in [0.1, 0.15) is 0 Å². The first-order chi connectivity index (χ1) is 10.2. The minimum atomic E-state index is -0.0978. The molecule has 0 saturated heterocycles. The summed E-state index contributed by atoms with van der Waals surface area (Å²) in [7, 11) is 0. The van der Waals surface area contributed by atoms with Gasteiger partial charge in [0, 0.05) is 23.2 Å². The van der Waals surface area contributed by atoms with Gasteiger partial charge in [0.15, 0.2) is 0 Å². The van der Waals surface area contributed by atoms with Gasteiger partial charge in [-0.1, -0.05) is 75.8 Å². The van der Waals surface area contributed by atoms with Crippen molar-refractivity contribution in [1.82, 2.24) is 0 Å². The van der Waals surface area contributed by atoms with Gasteiger partial charge in [0.2, 0.25) is 0 Å². The predicted octanol–water partition coefficient (Wildman–Crippen LogP) is 5.50. The molecule has 0 aromatic heterocycles. The third kappa shape index (κ3) is 6.82. The van der Waals surface area contributed by atoms with E-state index in [9.17, 15) is 0 Å². The smallest absolute Gasteiger partial charge is 0.0989 e. The molecule has 0 bridgehead atoms. The zero-order valence-electron chi connectivity index (χ0n) is 13.5. The van der Waals surface area contributed by atoms with Gasteiger partial charge in [0.25, 0.3) is 0 Å². The monoisotopic (exact) mass is 311 g/mol. The molecule has 0 fully saturated rings. The summed E-state index contributed by atoms with van der Waals surface area (Å²) in [6.45, 7) is 5.09. The van der Waals surface area contributed by atoms with E-state index in [1.807, 2.05) is 24.3 Å². The van der Waals surface area contributed by atoms with Gasteiger partial charge in [0.05, 0.1) is 6.10 Å². The molecular formula is C18H30ClNO. The lowest BCUT2D eigenvalue weighted by molar-refractivity contribution is 0.0311. The van der Waals surface area contributed by atoms with E-state index in [0.717, 1.165) is 30.0 Å². The van der Waals surface area contributed by atoms with E-state index < -0.39 is 0 Å². The number of hydrogen-bond acceptors (Lipinski definition) is 2. The van der Waals surface area contributed by atoms with E-state index in [1.54, 1.807) is 0 Å². The molecule has 2 N–H and O–H groups in total. The Morgan fingerprint density at radius 2 is 1.71 bits per heavy atom. The van der Waals surface area contributed by atoms with Crippen molar-refractivity contribution in [3.05, 3.63) is 34.9 Å². The molecule has 3 heteroatoms. The first-order valence-electron chi connectivity index (χ1n) is 8.32. The van der Waals surface area contributed by atoms with Gasteiger partial charge in [-0.3, -0.25) is 0 Å². The van der Waals surface area contributed by atoms with Crippen LogP contribution in [0, 0.1) is 0 Å². The van der Waals surface area contributed by atoms with E-state index in [2.05, 4.69) is 13.8 Å². The summed E-state index contributed by atoms with van der Waals surface area (Å²) in [6, 6.07) is 7.84. The highest BCUT2D eigenvalue weighted by atomic mass is 35.5. The summed E-state index contributed by atoms with van der Waals surface area (Å²) in [5.41, 5.74) is 7.23. The summed E-state index contributed by atoms with van der Waals surface area (Å²) in [4.78, 5) is 0. The molecule has 2 unspecified atom stereocenters. The maximum Gasteiger partial charge on any atom is 0.0989 e. The molecular weight excluding hydrogens is 282 g/mol. The summed E-state index contributed by atoms with van der Waals surface area (Å²) in [5.74, 6) is 0. The molecule has 0 spiro atoms. The minimum absolute atomic E-state index is 0.00927. The van der Waals surface area contributed by atoms with Crippen molar-refractivity contribution < 1.29 is 4.74 Å². The van der Waals surface area contributed by atoms with Crippen molar-refractivity contribution in [2.75, 3.05) is 6.61 Å². The molecule has 0 heterocycles. The van der Waals surface area contributed by atoms with Gasteiger partial charge in [-0.05, 0) is 18.9 Å². The summed E-state index contributed by atoms with van der Waals surface area (Å²) < 4.78 is 6.06. The zero-order chi connectivity index (χ0) is 15.5. The molecule has 21 heavy (non-hydrogen) atoms. The normalized spacial score (nSPS) is 14.1. The molecule has 0 radical (unpaired) electrons. The third-order valence-electron chi connectivity index (χ3n) is 3.87. The second kappa shape index (κ2) is 11.1. The molecule has 2 nitrogen and oxygen atoms in total. The fraction of sp³-hybridized carbons (Fsp3) is 0.667. The van der Waals surface area contributed by atoms with E-state index >= 15 is 0 Å². The quantitative estimate of drug-likeness (QED) is 0.548. The number of unbranched alkanes of at least 4 members (excludes halogenated alkanes) is 5. The highest BCUT2D eigenvalue weighted by Crippen LogP contribution is 2.28. The first kappa shape index (κ1) is 18.5. The van der Waals surface area contributed by atoms with Crippen LogP contribution in [0.15, 0.2) is 24.3 Å². The maximum absolute atomic E-state index is 6.28. The van der Waals surface area contributed by atoms with E-state index in [4.69, 9.17) is 22.1 Å². The third-order valence-corrected chi connectivity index (χ3v) is 4.21. The molecule has 2 atom stereocenters. The van der Waals surface area contributed by atoms with Gasteiger partial charge >= 0.3 is 0 Å². The number of halogens is 1. The largest absolute Gasteiger partial charge is 0.372 e. The Morgan fingerprint density at radius 3 is 2.38 bits per heavy atom. The second-order valence-electron chi connectivity index (χ2n) is 5.65. The van der Waals surface area contributed by atoms with Crippen molar-refractivity contribution in [3.8, 4) is 0 Å². The Hall–Kier alpha value is -0.570. The van der Waals surface area contributed by atoms with Crippen LogP contribution in [-0.4, -0.2) is 12.6 Å². The summed E-state index contributed by atoms with van der Waals surface area (Å²) in [5, 5.41) is 0.745. The van der Waals surface area contributed by atoms with Crippen LogP contribution in [-0.2, 0) is 4.74 Å². The lowest BCUT2D eigenvalue weighted by atomic mass is 10.0. The topological polar surface area (TPSA) is 35.2 Å². The lowest BCUT2D eigenvalue weighted by Gasteiger charge is -2.24. The van der Waals surface area contributed by atoms with Crippen LogP contribution >= 0.6 is 11.6 Å². The number of hydrogen-bond donors (Lipinski definition) is 1. The standard InChI is InChI=1S/C18H30ClNO/c1-3-5-6-7-8-11-14-21-18(17(20)4-2)15-12-9-10-13-16(15)19/h9-10,12-13,17-18H,3-8,11,14,20H2,1-2H3. The Bertz CT molecular complexity index is 383. The molecule has 0 aliphatic heterocycles. The van der Waals surface area contributed by atoms with Gasteiger partial charge in [-0.2, -0.15) is 0 Å². The van der Waals surface area contributed by atoms with Gasteiger partial charge < -0.3 is 10.5 Å². The van der Waals surface area contributed by atoms with Crippen LogP contribution < -0.4 is 5.73 Å². The minimum Gasteiger partial charge on any atom is -0.372 e. The SMILES string of the molecule is CCCCCCCCOC(c1ccccc1Cl)C(N)CC. The number of rotatable bonds is 11. The van der Waals surface area contributed by atoms with Crippen molar-refractivity contribution in [3.63, 3.8) is 0 Å². The Morgan fingerprint density at radius 1 is 1.05 bits per heavy atom. The van der Waals surface area contributed by atoms with Crippen LogP contribution in [0.3, 0.4) is 0 Å². The molecule has 1 aromatic rings. The molecule has 0 aliphatic rings. The van der Waals surface area contributed by atoms with Crippen LogP contribution in [0.2, 0.25) is 5.02 Å². The van der Waals surface area contributed by atoms with E-state index in [-0.39, 0.29) is 12.1 Å². The second-order valence-corrected chi connectivity index (χ2v) is 6.06. The molecule has 0 amide bonds. The van der Waals surface area contributed by atoms with Crippen LogP contribution in [0.4, 0.5) is 0 Å². The predicted molar refractivity (Wildman–Crippen MR) is 91.8 cm³/mol. The summed E-state index contributed by atoms with van der Waals surface area (Å²) in [6.07, 6.45) is 8.37. The fourth-order valence-corrected chi connectivity index (χ4v) is 2.70. The van der Waals surface area contributed by atoms with E-state index in [1.165, 1.54) is 32.1 Å². The average molecular weight is 312 g/mol. The van der Waals surface area contributed by atoms with Crippen LogP contribution in [0.5, 0.6) is 0 Å². The van der Waals surface area contributed by atoms with Crippen molar-refractivity contribution >= 4 is 11.6 Å². The number of ether oxygens (including phenoxy) is 1. The molecule has 120 valence electrons. The van der Waals surface area contributed by atoms with Crippen molar-refractivity contribution in [2.45, 2.75) is 70.9 Å². The average Bonchev–Trinajstić information content (AvgIpc) is 2.50.